The van der Waals surface area contributed by atoms with E-state index in [1.807, 2.05) is 0 Å². The van der Waals surface area contributed by atoms with E-state index in [0.29, 0.717) is 41.9 Å². The van der Waals surface area contributed by atoms with Gasteiger partial charge in [-0.15, -0.1) is 0 Å². The van der Waals surface area contributed by atoms with Crippen LogP contribution >= 0.6 is 0 Å². The van der Waals surface area contributed by atoms with Gasteiger partial charge in [0.2, 0.25) is 5.82 Å². The first-order valence-corrected chi connectivity index (χ1v) is 14.5. The second-order valence-electron chi connectivity index (χ2n) is 12.3. The van der Waals surface area contributed by atoms with E-state index in [2.05, 4.69) is 28.7 Å². The number of amides is 1. The Bertz CT molecular complexity index is 1700. The maximum atomic E-state index is 13.6. The molecule has 1 saturated heterocycles. The molecule has 47 heavy (non-hydrogen) atoms. The maximum absolute atomic E-state index is 13.6. The van der Waals surface area contributed by atoms with Gasteiger partial charge in [-0.3, -0.25) is 4.90 Å². The minimum Gasteiger partial charge on any atom is -0.496 e. The smallest absolute Gasteiger partial charge is 0.416 e. The number of alkyl halides is 6. The summed E-state index contributed by atoms with van der Waals surface area (Å²) in [5, 5.41) is 3.87. The number of carbonyl (C=O) groups is 2. The average Bonchev–Trinajstić information content (AvgIpc) is 3.60. The molecule has 9 nitrogen and oxygen atoms in total. The Balaban J connectivity index is 1.53. The summed E-state index contributed by atoms with van der Waals surface area (Å²) in [6, 6.07) is 5.43. The van der Waals surface area contributed by atoms with Crippen LogP contribution < -0.4 is 4.74 Å². The van der Waals surface area contributed by atoms with Crippen LogP contribution in [0.25, 0.3) is 17.0 Å². The molecule has 1 amide bonds. The fourth-order valence-electron chi connectivity index (χ4n) is 5.99. The number of esters is 1. The minimum absolute atomic E-state index is 0.00241. The summed E-state index contributed by atoms with van der Waals surface area (Å²) in [6.07, 6.45) is -10.5. The van der Waals surface area contributed by atoms with Crippen LogP contribution in [-0.2, 0) is 21.8 Å². The van der Waals surface area contributed by atoms with Crippen molar-refractivity contribution in [3.05, 3.63) is 70.1 Å². The number of halogens is 6. The van der Waals surface area contributed by atoms with Crippen LogP contribution in [0.5, 0.6) is 5.75 Å². The zero-order valence-electron chi connectivity index (χ0n) is 26.0. The van der Waals surface area contributed by atoms with Crippen molar-refractivity contribution in [1.29, 1.82) is 0 Å². The lowest BCUT2D eigenvalue weighted by atomic mass is 9.72. The van der Waals surface area contributed by atoms with Gasteiger partial charge in [0, 0.05) is 17.7 Å². The number of allylic oxidation sites excluding steroid dienone is 1. The molecular weight excluding hydrogens is 636 g/mol. The van der Waals surface area contributed by atoms with Gasteiger partial charge in [0.15, 0.2) is 0 Å². The molecular formula is C32H31F6N3O6. The number of aromatic nitrogens is 2. The predicted octanol–water partition coefficient (Wildman–Crippen LogP) is 8.12. The van der Waals surface area contributed by atoms with Gasteiger partial charge in [-0.25, -0.2) is 9.59 Å². The van der Waals surface area contributed by atoms with E-state index in [1.54, 1.807) is 18.2 Å². The van der Waals surface area contributed by atoms with Crippen molar-refractivity contribution in [2.24, 2.45) is 5.41 Å². The van der Waals surface area contributed by atoms with E-state index < -0.39 is 53.3 Å². The summed E-state index contributed by atoms with van der Waals surface area (Å²) in [7, 11) is 2.67. The third-order valence-corrected chi connectivity index (χ3v) is 8.43. The van der Waals surface area contributed by atoms with E-state index in [-0.39, 0.29) is 29.7 Å². The lowest BCUT2D eigenvalue weighted by Crippen LogP contribution is -2.35. The first-order chi connectivity index (χ1) is 21.9. The summed E-state index contributed by atoms with van der Waals surface area (Å²) in [5.74, 6) is -0.525. The van der Waals surface area contributed by atoms with Gasteiger partial charge in [-0.05, 0) is 84.7 Å². The van der Waals surface area contributed by atoms with Crippen molar-refractivity contribution in [2.45, 2.75) is 64.5 Å². The van der Waals surface area contributed by atoms with Crippen molar-refractivity contribution in [3.63, 3.8) is 0 Å². The molecule has 0 bridgehead atoms. The largest absolute Gasteiger partial charge is 0.496 e. The maximum Gasteiger partial charge on any atom is 0.416 e. The Morgan fingerprint density at radius 2 is 1.70 bits per heavy atom. The SMILES string of the molecule is COC(=O)c1nc(-c2ccc(OC)c(C3=C(CN4C(=O)O[C@H](c5cc(C(F)(F)F)cc(C(F)(F)F)c5)[C@@H]4C)CC(C)(C)CC3)c2)no1. The average molecular weight is 668 g/mol. The van der Waals surface area contributed by atoms with Crippen molar-refractivity contribution in [2.75, 3.05) is 20.8 Å². The molecule has 2 aliphatic rings. The number of benzene rings is 2. The van der Waals surface area contributed by atoms with Gasteiger partial charge < -0.3 is 18.7 Å². The molecule has 1 aliphatic heterocycles. The highest BCUT2D eigenvalue weighted by molar-refractivity contribution is 5.85. The Morgan fingerprint density at radius 3 is 2.30 bits per heavy atom. The molecule has 0 saturated carbocycles. The number of ether oxygens (including phenoxy) is 3. The van der Waals surface area contributed by atoms with Gasteiger partial charge in [0.1, 0.15) is 11.9 Å². The Kier molecular flexibility index (Phi) is 8.79. The highest BCUT2D eigenvalue weighted by Crippen LogP contribution is 2.47. The summed E-state index contributed by atoms with van der Waals surface area (Å²) in [5.41, 5.74) is -0.784. The van der Waals surface area contributed by atoms with Crippen LogP contribution in [0.1, 0.15) is 79.1 Å². The number of hydrogen-bond donors (Lipinski definition) is 0. The van der Waals surface area contributed by atoms with Gasteiger partial charge in [0.25, 0.3) is 0 Å². The van der Waals surface area contributed by atoms with E-state index >= 15 is 0 Å². The predicted molar refractivity (Wildman–Crippen MR) is 154 cm³/mol. The number of rotatable bonds is 7. The van der Waals surface area contributed by atoms with Crippen molar-refractivity contribution < 1.29 is 54.7 Å². The molecule has 1 aromatic heterocycles. The van der Waals surface area contributed by atoms with Crippen LogP contribution in [0.2, 0.25) is 0 Å². The highest BCUT2D eigenvalue weighted by Gasteiger charge is 2.44. The van der Waals surface area contributed by atoms with E-state index in [9.17, 15) is 35.9 Å². The number of methoxy groups -OCH3 is 2. The molecule has 2 heterocycles. The van der Waals surface area contributed by atoms with Crippen LogP contribution in [0.3, 0.4) is 0 Å². The summed E-state index contributed by atoms with van der Waals surface area (Å²) >= 11 is 0. The number of carbonyl (C=O) groups excluding carboxylic acids is 2. The zero-order chi connectivity index (χ0) is 34.5. The molecule has 2 atom stereocenters. The van der Waals surface area contributed by atoms with Crippen LogP contribution in [0.4, 0.5) is 31.1 Å². The highest BCUT2D eigenvalue weighted by atomic mass is 19.4. The fraction of sp³-hybridized carbons (Fsp3) is 0.438. The molecule has 0 N–H and O–H groups in total. The molecule has 0 unspecified atom stereocenters. The van der Waals surface area contributed by atoms with Crippen LogP contribution in [-0.4, -0.2) is 53.9 Å². The lowest BCUT2D eigenvalue weighted by molar-refractivity contribution is -0.143. The molecule has 1 fully saturated rings. The molecule has 252 valence electrons. The quantitative estimate of drug-likeness (QED) is 0.184. The Morgan fingerprint density at radius 1 is 1.04 bits per heavy atom. The second kappa shape index (κ2) is 12.2. The molecule has 2 aromatic carbocycles. The molecule has 0 radical (unpaired) electrons. The number of nitrogens with zero attached hydrogens (tertiary/aromatic N) is 3. The van der Waals surface area contributed by atoms with Crippen molar-refractivity contribution >= 4 is 17.6 Å². The van der Waals surface area contributed by atoms with Crippen molar-refractivity contribution in [1.82, 2.24) is 15.0 Å². The normalized spacial score (nSPS) is 20.0. The number of cyclic esters (lactones) is 1. The Hall–Kier alpha value is -4.56. The van der Waals surface area contributed by atoms with Crippen molar-refractivity contribution in [3.8, 4) is 17.1 Å². The second-order valence-corrected chi connectivity index (χ2v) is 12.3. The zero-order valence-corrected chi connectivity index (χ0v) is 26.0. The van der Waals surface area contributed by atoms with Crippen LogP contribution in [0, 0.1) is 5.41 Å². The van der Waals surface area contributed by atoms with Gasteiger partial charge in [-0.1, -0.05) is 19.0 Å². The fourth-order valence-corrected chi connectivity index (χ4v) is 5.99. The third-order valence-electron chi connectivity index (χ3n) is 8.43. The topological polar surface area (TPSA) is 104 Å². The van der Waals surface area contributed by atoms with Gasteiger partial charge in [-0.2, -0.15) is 31.3 Å². The number of hydrogen-bond acceptors (Lipinski definition) is 8. The molecule has 5 rings (SSSR count). The Labute approximate surface area is 265 Å². The van der Waals surface area contributed by atoms with Crippen LogP contribution in [0.15, 0.2) is 46.5 Å². The summed E-state index contributed by atoms with van der Waals surface area (Å²) in [6.45, 7) is 5.64. The van der Waals surface area contributed by atoms with E-state index in [1.165, 1.54) is 26.0 Å². The molecule has 3 aromatic rings. The third kappa shape index (κ3) is 6.93. The molecule has 0 spiro atoms. The van der Waals surface area contributed by atoms with E-state index in [0.717, 1.165) is 17.6 Å². The summed E-state index contributed by atoms with van der Waals surface area (Å²) < 4.78 is 102. The standard InChI is InChI=1S/C32H31F6N3O6/c1-16-25(18-10-20(31(33,34)35)13-21(11-18)32(36,37)38)46-29(43)41(16)15-19-14-30(2,3)9-8-22(19)23-12-17(6-7-24(23)44-4)26-39-27(47-40-26)28(42)45-5/h6-7,10-13,16,25H,8-9,14-15H2,1-5H3/t16-,25-/m0/s1. The van der Waals surface area contributed by atoms with Gasteiger partial charge in [0.05, 0.1) is 31.4 Å². The lowest BCUT2D eigenvalue weighted by Gasteiger charge is -2.36. The van der Waals surface area contributed by atoms with Gasteiger partial charge >= 0.3 is 30.3 Å². The molecule has 1 aliphatic carbocycles. The first-order valence-electron chi connectivity index (χ1n) is 14.5. The molecule has 15 heteroatoms. The minimum atomic E-state index is -5.05. The first kappa shape index (κ1) is 33.8. The summed E-state index contributed by atoms with van der Waals surface area (Å²) in [4.78, 5) is 30.5. The van der Waals surface area contributed by atoms with E-state index in [4.69, 9.17) is 14.0 Å². The monoisotopic (exact) mass is 667 g/mol.